The molecule has 0 aromatic carbocycles. The number of aliphatic imine (C=N–C) groups is 1. The van der Waals surface area contributed by atoms with Crippen LogP contribution < -0.4 is 16.5 Å². The Bertz CT molecular complexity index is 573. The number of ketones is 1. The molecule has 11 nitrogen and oxygen atoms in total. The Morgan fingerprint density at radius 2 is 1.90 bits per heavy atom. The van der Waals surface area contributed by atoms with E-state index in [2.05, 4.69) is 10.3 Å². The number of hydrogen-bond donors (Lipinski definition) is 5. The molecule has 0 aromatic rings. The number of nitrogens with two attached hydrogens (primary N) is 1. The number of rotatable bonds is 14. The fourth-order valence-corrected chi connectivity index (χ4v) is 2.73. The molecule has 0 saturated heterocycles. The van der Waals surface area contributed by atoms with E-state index in [-0.39, 0.29) is 36.5 Å². The highest BCUT2D eigenvalue weighted by Gasteiger charge is 2.30. The van der Waals surface area contributed by atoms with E-state index in [1.807, 2.05) is 20.8 Å². The summed E-state index contributed by atoms with van der Waals surface area (Å²) in [5.74, 6) is -2.36. The first-order valence-electron chi connectivity index (χ1n) is 9.88. The van der Waals surface area contributed by atoms with Crippen LogP contribution in [-0.4, -0.2) is 52.3 Å². The summed E-state index contributed by atoms with van der Waals surface area (Å²) in [5.41, 5.74) is 7.07. The lowest BCUT2D eigenvalue weighted by atomic mass is 9.74. The van der Waals surface area contributed by atoms with Gasteiger partial charge in [0, 0.05) is 24.8 Å². The van der Waals surface area contributed by atoms with Gasteiger partial charge in [-0.2, -0.15) is 0 Å². The van der Waals surface area contributed by atoms with Crippen LogP contribution in [0.3, 0.4) is 0 Å². The number of nitrogens with zero attached hydrogens (tertiary/aromatic N) is 2. The molecule has 0 fully saturated rings. The summed E-state index contributed by atoms with van der Waals surface area (Å²) in [7, 11) is -1.70. The Kier molecular flexibility index (Phi) is 12.8. The molecule has 0 bridgehead atoms. The zero-order valence-corrected chi connectivity index (χ0v) is 17.6. The average molecular weight is 415 g/mol. The smallest absolute Gasteiger partial charge is 0.426 e. The number of hydrazine groups is 1. The van der Waals surface area contributed by atoms with Gasteiger partial charge in [-0.05, 0) is 31.6 Å². The Balaban J connectivity index is 5.05. The van der Waals surface area contributed by atoms with E-state index in [4.69, 9.17) is 5.73 Å². The van der Waals surface area contributed by atoms with Gasteiger partial charge in [0.15, 0.2) is 5.03 Å². The van der Waals surface area contributed by atoms with Crippen LogP contribution in [0, 0.1) is 27.9 Å². The minimum absolute atomic E-state index is 0.0309. The summed E-state index contributed by atoms with van der Waals surface area (Å²) in [6, 6.07) is 0. The molecule has 0 aliphatic carbocycles. The van der Waals surface area contributed by atoms with E-state index in [0.717, 1.165) is 0 Å². The van der Waals surface area contributed by atoms with Crippen molar-refractivity contribution in [3.63, 3.8) is 0 Å². The quantitative estimate of drug-likeness (QED) is 0.0658. The highest BCUT2D eigenvalue weighted by Crippen LogP contribution is 2.18. The van der Waals surface area contributed by atoms with Gasteiger partial charge >= 0.3 is 7.12 Å². The van der Waals surface area contributed by atoms with Crippen molar-refractivity contribution >= 4 is 24.8 Å². The van der Waals surface area contributed by atoms with Crippen LogP contribution >= 0.6 is 0 Å². The summed E-state index contributed by atoms with van der Waals surface area (Å²) in [6.45, 7) is 7.62. The zero-order valence-electron chi connectivity index (χ0n) is 17.6. The summed E-state index contributed by atoms with van der Waals surface area (Å²) in [6.07, 6.45) is 1.75. The van der Waals surface area contributed by atoms with Gasteiger partial charge in [-0.3, -0.25) is 9.59 Å². The Morgan fingerprint density at radius 3 is 2.38 bits per heavy atom. The highest BCUT2D eigenvalue weighted by atomic mass is 16.7. The van der Waals surface area contributed by atoms with Crippen molar-refractivity contribution in [1.82, 2.24) is 10.7 Å². The van der Waals surface area contributed by atoms with E-state index < -0.39 is 29.9 Å². The third-order valence-corrected chi connectivity index (χ3v) is 4.59. The predicted octanol–water partition coefficient (Wildman–Crippen LogP) is 0.0270. The lowest BCUT2D eigenvalue weighted by molar-refractivity contribution is -0.525. The van der Waals surface area contributed by atoms with Crippen molar-refractivity contribution < 1.29 is 24.7 Å². The van der Waals surface area contributed by atoms with Gasteiger partial charge in [0.2, 0.25) is 5.91 Å². The van der Waals surface area contributed by atoms with Crippen molar-refractivity contribution in [2.75, 3.05) is 6.54 Å². The maximum Gasteiger partial charge on any atom is 0.475 e. The van der Waals surface area contributed by atoms with Gasteiger partial charge in [0.25, 0.3) is 5.96 Å². The highest BCUT2D eigenvalue weighted by molar-refractivity contribution is 6.43. The predicted molar refractivity (Wildman–Crippen MR) is 110 cm³/mol. The van der Waals surface area contributed by atoms with Crippen LogP contribution in [-0.2, 0) is 9.59 Å². The van der Waals surface area contributed by atoms with E-state index in [1.54, 1.807) is 12.3 Å². The minimum atomic E-state index is -1.70. The monoisotopic (exact) mass is 415 g/mol. The first-order valence-corrected chi connectivity index (χ1v) is 9.88. The van der Waals surface area contributed by atoms with Crippen LogP contribution in [0.2, 0.25) is 0 Å². The number of Topliss-reactive ketones (excluding diaryl/α,β-unsaturated/α-hetero) is 1. The first kappa shape index (κ1) is 26.8. The molecule has 0 saturated carbocycles. The number of carbonyl (C=O) groups is 2. The molecule has 3 atom stereocenters. The topological polar surface area (TPSA) is 180 Å². The molecule has 0 aliphatic rings. The molecule has 29 heavy (non-hydrogen) atoms. The maximum atomic E-state index is 12.7. The third kappa shape index (κ3) is 12.1. The molecule has 0 radical (unpaired) electrons. The van der Waals surface area contributed by atoms with Gasteiger partial charge in [0.05, 0.1) is 5.94 Å². The molecule has 0 aliphatic heterocycles. The second kappa shape index (κ2) is 13.9. The molecule has 6 N–H and O–H groups in total. The van der Waals surface area contributed by atoms with Crippen LogP contribution in [0.5, 0.6) is 0 Å². The molecule has 12 heteroatoms. The number of nitro groups is 1. The fraction of sp³-hybridized carbons (Fsp3) is 0.824. The van der Waals surface area contributed by atoms with E-state index in [0.29, 0.717) is 25.7 Å². The largest absolute Gasteiger partial charge is 0.475 e. The van der Waals surface area contributed by atoms with Gasteiger partial charge in [0.1, 0.15) is 5.78 Å². The standard InChI is InChI=1S/C17H34BN5O6/c1-5-12(4)14(24)10-13(7-6-8-20-17(19)22-23(28)29)16(25)21-15(18(26)27)9-11(2)3/h11-13,15,26-27H,5-10H2,1-4H3,(H,21,25)(H3,19,20,22)/t12-,13+,15-/m0/s1. The molecule has 0 spiro atoms. The van der Waals surface area contributed by atoms with E-state index >= 15 is 0 Å². The van der Waals surface area contributed by atoms with E-state index in [9.17, 15) is 29.8 Å². The number of carbonyl (C=O) groups excluding carboxylic acids is 2. The van der Waals surface area contributed by atoms with Crippen molar-refractivity contribution in [3.05, 3.63) is 10.1 Å². The SMILES string of the molecule is CC[C@H](C)C(=O)C[C@@H](CCCN=C(N)N[N+](=O)[O-])C(=O)N[C@@H](CC(C)C)B(O)O. The van der Waals surface area contributed by atoms with Crippen LogP contribution in [0.15, 0.2) is 4.99 Å². The van der Waals surface area contributed by atoms with Crippen molar-refractivity contribution in [3.8, 4) is 0 Å². The number of guanidine groups is 1. The van der Waals surface area contributed by atoms with Crippen molar-refractivity contribution in [1.29, 1.82) is 0 Å². The molecule has 0 rings (SSSR count). The third-order valence-electron chi connectivity index (χ3n) is 4.59. The maximum absolute atomic E-state index is 12.7. The lowest BCUT2D eigenvalue weighted by Gasteiger charge is -2.24. The molecule has 0 aromatic heterocycles. The van der Waals surface area contributed by atoms with Gasteiger partial charge in [-0.25, -0.2) is 15.1 Å². The zero-order chi connectivity index (χ0) is 22.6. The minimum Gasteiger partial charge on any atom is -0.426 e. The lowest BCUT2D eigenvalue weighted by Crippen LogP contribution is -2.49. The Hall–Kier alpha value is -2.21. The second-order valence-electron chi connectivity index (χ2n) is 7.61. The summed E-state index contributed by atoms with van der Waals surface area (Å²) in [5, 5.41) is 31.2. The van der Waals surface area contributed by atoms with Gasteiger partial charge < -0.3 is 21.1 Å². The molecular formula is C17H34BN5O6. The van der Waals surface area contributed by atoms with Crippen LogP contribution in [0.4, 0.5) is 0 Å². The Labute approximate surface area is 171 Å². The first-order chi connectivity index (χ1) is 13.5. The van der Waals surface area contributed by atoms with Crippen molar-refractivity contribution in [2.24, 2.45) is 28.5 Å². The molecule has 0 unspecified atom stereocenters. The van der Waals surface area contributed by atoms with Crippen LogP contribution in [0.25, 0.3) is 0 Å². The summed E-state index contributed by atoms with van der Waals surface area (Å²) >= 11 is 0. The number of nitrogens with one attached hydrogen (secondary N) is 2. The van der Waals surface area contributed by atoms with Gasteiger partial charge in [-0.1, -0.05) is 33.1 Å². The molecule has 0 heterocycles. The van der Waals surface area contributed by atoms with E-state index in [1.165, 1.54) is 0 Å². The van der Waals surface area contributed by atoms with Crippen LogP contribution in [0.1, 0.15) is 59.8 Å². The average Bonchev–Trinajstić information content (AvgIpc) is 2.61. The Morgan fingerprint density at radius 1 is 1.28 bits per heavy atom. The van der Waals surface area contributed by atoms with Gasteiger partial charge in [-0.15, -0.1) is 0 Å². The summed E-state index contributed by atoms with van der Waals surface area (Å²) < 4.78 is 0. The number of amides is 1. The fourth-order valence-electron chi connectivity index (χ4n) is 2.73. The second-order valence-corrected chi connectivity index (χ2v) is 7.61. The molecule has 166 valence electrons. The molecule has 1 amide bonds. The molecular weight excluding hydrogens is 381 g/mol. The number of hydrogen-bond acceptors (Lipinski definition) is 7. The normalized spacial score (nSPS) is 14.8. The van der Waals surface area contributed by atoms with Crippen molar-refractivity contribution in [2.45, 2.75) is 65.7 Å². The summed E-state index contributed by atoms with van der Waals surface area (Å²) in [4.78, 5) is 39.1.